The van der Waals surface area contributed by atoms with Crippen LogP contribution in [-0.4, -0.2) is 5.11 Å². The second-order valence-corrected chi connectivity index (χ2v) is 5.02. The first-order chi connectivity index (χ1) is 9.56. The summed E-state index contributed by atoms with van der Waals surface area (Å²) < 4.78 is 5.70. The zero-order valence-corrected chi connectivity index (χ0v) is 11.4. The fraction of sp³-hybridized carbons (Fsp3) is 0.0625. The van der Waals surface area contributed by atoms with Gasteiger partial charge < -0.3 is 9.52 Å². The molecule has 0 saturated carbocycles. The van der Waals surface area contributed by atoms with E-state index >= 15 is 0 Å². The van der Waals surface area contributed by atoms with Gasteiger partial charge in [-0.1, -0.05) is 29.3 Å². The first-order valence-corrected chi connectivity index (χ1v) is 6.46. The van der Waals surface area contributed by atoms with Crippen molar-refractivity contribution < 1.29 is 9.52 Å². The van der Waals surface area contributed by atoms with Crippen molar-refractivity contribution in [1.82, 2.24) is 0 Å². The van der Waals surface area contributed by atoms with Gasteiger partial charge in [-0.2, -0.15) is 0 Å². The summed E-state index contributed by atoms with van der Waals surface area (Å²) in [6.07, 6.45) is 0. The standard InChI is InChI=1S/C16H11ClO3/c1-9-5-6-13(18)11(7-9)15-8-14(19)10-3-2-4-12(17)16(10)20-15/h2-8,18H,1H3. The minimum Gasteiger partial charge on any atom is -0.507 e. The number of fused-ring (bicyclic) bond motifs is 1. The Kier molecular flexibility index (Phi) is 2.99. The molecule has 3 nitrogen and oxygen atoms in total. The number of aromatic hydroxyl groups is 1. The molecule has 0 aliphatic carbocycles. The van der Waals surface area contributed by atoms with Gasteiger partial charge in [0.25, 0.3) is 0 Å². The van der Waals surface area contributed by atoms with E-state index in [2.05, 4.69) is 0 Å². The van der Waals surface area contributed by atoms with Crippen molar-refractivity contribution in [3.8, 4) is 17.1 Å². The van der Waals surface area contributed by atoms with Gasteiger partial charge in [-0.05, 0) is 31.2 Å². The van der Waals surface area contributed by atoms with E-state index < -0.39 is 0 Å². The Morgan fingerprint density at radius 1 is 1.15 bits per heavy atom. The highest BCUT2D eigenvalue weighted by Crippen LogP contribution is 2.32. The van der Waals surface area contributed by atoms with E-state index in [1.54, 1.807) is 36.4 Å². The molecule has 0 fully saturated rings. The molecule has 0 aliphatic rings. The van der Waals surface area contributed by atoms with Crippen LogP contribution in [0.4, 0.5) is 0 Å². The molecule has 1 aromatic heterocycles. The van der Waals surface area contributed by atoms with Gasteiger partial charge >= 0.3 is 0 Å². The number of aryl methyl sites for hydroxylation is 1. The molecule has 0 aliphatic heterocycles. The third-order valence-electron chi connectivity index (χ3n) is 3.12. The fourth-order valence-corrected chi connectivity index (χ4v) is 2.34. The summed E-state index contributed by atoms with van der Waals surface area (Å²) in [5.74, 6) is 0.363. The number of phenolic OH excluding ortho intramolecular Hbond substituents is 1. The van der Waals surface area contributed by atoms with Crippen LogP contribution in [0.15, 0.2) is 51.7 Å². The molecular weight excluding hydrogens is 276 g/mol. The summed E-state index contributed by atoms with van der Waals surface area (Å²) in [7, 11) is 0. The number of hydrogen-bond donors (Lipinski definition) is 1. The molecule has 3 rings (SSSR count). The Bertz CT molecular complexity index is 865. The quantitative estimate of drug-likeness (QED) is 0.732. The van der Waals surface area contributed by atoms with E-state index in [4.69, 9.17) is 16.0 Å². The van der Waals surface area contributed by atoms with Crippen molar-refractivity contribution in [3.63, 3.8) is 0 Å². The van der Waals surface area contributed by atoms with Gasteiger partial charge in [0.05, 0.1) is 16.0 Å². The summed E-state index contributed by atoms with van der Waals surface area (Å²) in [5, 5.41) is 10.7. The lowest BCUT2D eigenvalue weighted by molar-refractivity contribution is 0.474. The minimum atomic E-state index is -0.190. The molecule has 0 saturated heterocycles. The Hall–Kier alpha value is -2.26. The van der Waals surface area contributed by atoms with E-state index in [0.29, 0.717) is 27.3 Å². The monoisotopic (exact) mass is 286 g/mol. The number of phenols is 1. The van der Waals surface area contributed by atoms with Gasteiger partial charge in [-0.25, -0.2) is 0 Å². The van der Waals surface area contributed by atoms with Gasteiger partial charge in [-0.3, -0.25) is 4.79 Å². The van der Waals surface area contributed by atoms with Gasteiger partial charge in [-0.15, -0.1) is 0 Å². The Morgan fingerprint density at radius 2 is 1.95 bits per heavy atom. The van der Waals surface area contributed by atoms with Crippen LogP contribution in [0.2, 0.25) is 5.02 Å². The molecule has 0 unspecified atom stereocenters. The van der Waals surface area contributed by atoms with Gasteiger partial charge in [0, 0.05) is 6.07 Å². The highest BCUT2D eigenvalue weighted by atomic mass is 35.5. The zero-order valence-electron chi connectivity index (χ0n) is 10.7. The largest absolute Gasteiger partial charge is 0.507 e. The Morgan fingerprint density at radius 3 is 2.75 bits per heavy atom. The molecule has 1 heterocycles. The predicted molar refractivity (Wildman–Crippen MR) is 79.3 cm³/mol. The van der Waals surface area contributed by atoms with E-state index in [-0.39, 0.29) is 11.2 Å². The van der Waals surface area contributed by atoms with Crippen LogP contribution < -0.4 is 5.43 Å². The molecule has 0 bridgehead atoms. The molecular formula is C16H11ClO3. The van der Waals surface area contributed by atoms with Gasteiger partial charge in [0.1, 0.15) is 11.5 Å². The van der Waals surface area contributed by atoms with Crippen molar-refractivity contribution in [3.05, 3.63) is 63.3 Å². The Balaban J connectivity index is 2.35. The molecule has 20 heavy (non-hydrogen) atoms. The first kappa shape index (κ1) is 12.8. The molecule has 2 aromatic carbocycles. The minimum absolute atomic E-state index is 0.0603. The summed E-state index contributed by atoms with van der Waals surface area (Å²) in [6, 6.07) is 11.5. The number of para-hydroxylation sites is 1. The maximum Gasteiger partial charge on any atom is 0.193 e. The molecule has 4 heteroatoms. The third kappa shape index (κ3) is 2.06. The Labute approximate surface area is 120 Å². The SMILES string of the molecule is Cc1ccc(O)c(-c2cc(=O)c3cccc(Cl)c3o2)c1. The third-order valence-corrected chi connectivity index (χ3v) is 3.42. The lowest BCUT2D eigenvalue weighted by Crippen LogP contribution is -2.00. The van der Waals surface area contributed by atoms with E-state index in [1.807, 2.05) is 6.92 Å². The van der Waals surface area contributed by atoms with Crippen LogP contribution in [0.5, 0.6) is 5.75 Å². The number of hydrogen-bond acceptors (Lipinski definition) is 3. The molecule has 0 radical (unpaired) electrons. The summed E-state index contributed by atoms with van der Waals surface area (Å²) >= 11 is 6.06. The number of rotatable bonds is 1. The van der Waals surface area contributed by atoms with Crippen molar-refractivity contribution in [2.24, 2.45) is 0 Å². The summed E-state index contributed by atoms with van der Waals surface area (Å²) in [4.78, 5) is 12.1. The summed E-state index contributed by atoms with van der Waals surface area (Å²) in [5.41, 5.74) is 1.57. The maximum absolute atomic E-state index is 12.1. The molecule has 1 N–H and O–H groups in total. The van der Waals surface area contributed by atoms with Crippen LogP contribution in [-0.2, 0) is 0 Å². The number of halogens is 1. The lowest BCUT2D eigenvalue weighted by atomic mass is 10.1. The van der Waals surface area contributed by atoms with Crippen molar-refractivity contribution >= 4 is 22.6 Å². The summed E-state index contributed by atoms with van der Waals surface area (Å²) in [6.45, 7) is 1.90. The topological polar surface area (TPSA) is 50.4 Å². The smallest absolute Gasteiger partial charge is 0.193 e. The van der Waals surface area contributed by atoms with Crippen molar-refractivity contribution in [2.75, 3.05) is 0 Å². The molecule has 0 amide bonds. The lowest BCUT2D eigenvalue weighted by Gasteiger charge is -2.07. The molecule has 0 spiro atoms. The van der Waals surface area contributed by atoms with Crippen molar-refractivity contribution in [1.29, 1.82) is 0 Å². The molecule has 3 aromatic rings. The van der Waals surface area contributed by atoms with Crippen molar-refractivity contribution in [2.45, 2.75) is 6.92 Å². The normalized spacial score (nSPS) is 10.9. The van der Waals surface area contributed by atoms with E-state index in [1.165, 1.54) is 6.07 Å². The second-order valence-electron chi connectivity index (χ2n) is 4.61. The molecule has 100 valence electrons. The van der Waals surface area contributed by atoms with E-state index in [9.17, 15) is 9.90 Å². The average Bonchev–Trinajstić information content (AvgIpc) is 2.42. The highest BCUT2D eigenvalue weighted by molar-refractivity contribution is 6.34. The second kappa shape index (κ2) is 4.69. The first-order valence-electron chi connectivity index (χ1n) is 6.08. The molecule has 0 atom stereocenters. The predicted octanol–water partition coefficient (Wildman–Crippen LogP) is 4.13. The zero-order chi connectivity index (χ0) is 14.3. The van der Waals surface area contributed by atoms with Crippen LogP contribution in [0.1, 0.15) is 5.56 Å². The average molecular weight is 287 g/mol. The van der Waals surface area contributed by atoms with Crippen LogP contribution in [0.3, 0.4) is 0 Å². The number of benzene rings is 2. The fourth-order valence-electron chi connectivity index (χ4n) is 2.12. The maximum atomic E-state index is 12.1. The van der Waals surface area contributed by atoms with Crippen LogP contribution in [0.25, 0.3) is 22.3 Å². The highest BCUT2D eigenvalue weighted by Gasteiger charge is 2.12. The van der Waals surface area contributed by atoms with Crippen LogP contribution >= 0.6 is 11.6 Å². The van der Waals surface area contributed by atoms with Crippen LogP contribution in [0, 0.1) is 6.92 Å². The van der Waals surface area contributed by atoms with Gasteiger partial charge in [0.15, 0.2) is 11.0 Å². The van der Waals surface area contributed by atoms with E-state index in [0.717, 1.165) is 5.56 Å². The van der Waals surface area contributed by atoms with Gasteiger partial charge in [0.2, 0.25) is 0 Å².